The van der Waals surface area contributed by atoms with Gasteiger partial charge in [-0.1, -0.05) is 6.07 Å². The Morgan fingerprint density at radius 3 is 2.87 bits per heavy atom. The second-order valence-electron chi connectivity index (χ2n) is 7.33. The lowest BCUT2D eigenvalue weighted by atomic mass is 10.1. The predicted octanol–water partition coefficient (Wildman–Crippen LogP) is 3.09. The Balaban J connectivity index is 1.65. The van der Waals surface area contributed by atoms with Crippen molar-refractivity contribution in [1.29, 1.82) is 0 Å². The number of aliphatic imine (C=N–C) groups is 1. The van der Waals surface area contributed by atoms with Crippen molar-refractivity contribution < 1.29 is 24.2 Å². The van der Waals surface area contributed by atoms with Crippen LogP contribution in [0.4, 0.5) is 5.69 Å². The first-order valence-electron chi connectivity index (χ1n) is 9.98. The van der Waals surface area contributed by atoms with Gasteiger partial charge >= 0.3 is 11.9 Å². The van der Waals surface area contributed by atoms with Crippen molar-refractivity contribution in [1.82, 2.24) is 10.2 Å². The number of carbonyl (C=O) groups is 2. The Labute approximate surface area is 183 Å². The number of carboxylic acids is 1. The van der Waals surface area contributed by atoms with Gasteiger partial charge in [-0.25, -0.2) is 14.6 Å². The Morgan fingerprint density at radius 2 is 2.10 bits per heavy atom. The van der Waals surface area contributed by atoms with Crippen LogP contribution in [0.15, 0.2) is 46.1 Å². The van der Waals surface area contributed by atoms with Gasteiger partial charge < -0.3 is 19.9 Å². The molecule has 4 rings (SSSR count). The number of nitrogens with one attached hydrogen (secondary N) is 1. The fraction of sp³-hybridized carbons (Fsp3) is 0.318. The van der Waals surface area contributed by atoms with Crippen molar-refractivity contribution in [3.8, 4) is 11.5 Å². The van der Waals surface area contributed by atoms with Crippen LogP contribution in [0.5, 0.6) is 11.5 Å². The second kappa shape index (κ2) is 9.42. The van der Waals surface area contributed by atoms with E-state index < -0.39 is 18.2 Å². The van der Waals surface area contributed by atoms with E-state index in [1.165, 1.54) is 11.3 Å². The van der Waals surface area contributed by atoms with Crippen LogP contribution in [0, 0.1) is 6.92 Å². The summed E-state index contributed by atoms with van der Waals surface area (Å²) >= 11 is 1.52. The molecular formula is C22H23N3O5S. The molecule has 1 unspecified atom stereocenters. The number of hydrogen-bond donors (Lipinski definition) is 2. The van der Waals surface area contributed by atoms with Crippen LogP contribution in [0.1, 0.15) is 17.5 Å². The quantitative estimate of drug-likeness (QED) is 0.525. The molecule has 31 heavy (non-hydrogen) atoms. The Morgan fingerprint density at radius 1 is 1.29 bits per heavy atom. The van der Waals surface area contributed by atoms with Crippen molar-refractivity contribution in [2.45, 2.75) is 19.6 Å². The summed E-state index contributed by atoms with van der Waals surface area (Å²) in [5, 5.41) is 16.0. The molecule has 0 radical (unpaired) electrons. The minimum absolute atomic E-state index is 0.354. The Bertz CT molecular complexity index is 1040. The molecule has 0 amide bonds. The minimum atomic E-state index is -1.20. The lowest BCUT2D eigenvalue weighted by Gasteiger charge is -2.34. The molecule has 162 valence electrons. The number of ether oxygens (including phenoxy) is 2. The largest absolute Gasteiger partial charge is 0.478 e. The zero-order valence-corrected chi connectivity index (χ0v) is 17.9. The van der Waals surface area contributed by atoms with Gasteiger partial charge in [0.2, 0.25) is 0 Å². The first-order valence-corrected chi connectivity index (χ1v) is 10.9. The van der Waals surface area contributed by atoms with E-state index in [0.29, 0.717) is 25.3 Å². The van der Waals surface area contributed by atoms with Gasteiger partial charge in [-0.15, -0.1) is 11.3 Å². The molecule has 0 spiro atoms. The van der Waals surface area contributed by atoms with E-state index in [1.807, 2.05) is 35.9 Å². The fourth-order valence-electron chi connectivity index (χ4n) is 3.54. The van der Waals surface area contributed by atoms with Crippen molar-refractivity contribution in [2.75, 3.05) is 26.2 Å². The molecule has 1 saturated heterocycles. The van der Waals surface area contributed by atoms with Crippen LogP contribution in [0.25, 0.3) is 0 Å². The summed E-state index contributed by atoms with van der Waals surface area (Å²) in [6, 6.07) is 5.85. The van der Waals surface area contributed by atoms with Crippen LogP contribution in [0.2, 0.25) is 0 Å². The third-order valence-electron chi connectivity index (χ3n) is 5.07. The van der Waals surface area contributed by atoms with Crippen molar-refractivity contribution in [2.24, 2.45) is 4.99 Å². The average Bonchev–Trinajstić information content (AvgIpc) is 3.16. The molecule has 0 bridgehead atoms. The lowest BCUT2D eigenvalue weighted by molar-refractivity contribution is -0.153. The highest BCUT2D eigenvalue weighted by atomic mass is 32.1. The third kappa shape index (κ3) is 5.19. The lowest BCUT2D eigenvalue weighted by Crippen LogP contribution is -2.50. The summed E-state index contributed by atoms with van der Waals surface area (Å²) in [5.41, 5.74) is 3.43. The number of carboxylic acid groups (broad SMARTS) is 1. The summed E-state index contributed by atoms with van der Waals surface area (Å²) in [5.74, 6) is -0.479. The number of piperazine rings is 1. The van der Waals surface area contributed by atoms with Gasteiger partial charge in [-0.05, 0) is 24.6 Å². The molecule has 3 heterocycles. The molecule has 9 heteroatoms. The van der Waals surface area contributed by atoms with Gasteiger partial charge in [0, 0.05) is 61.1 Å². The number of esters is 1. The number of aliphatic carboxylic acids is 1. The highest BCUT2D eigenvalue weighted by Gasteiger charge is 2.28. The molecule has 0 aliphatic carbocycles. The molecule has 1 aromatic carbocycles. The van der Waals surface area contributed by atoms with Crippen LogP contribution < -0.4 is 10.1 Å². The smallest absolute Gasteiger partial charge is 0.332 e. The van der Waals surface area contributed by atoms with Crippen LogP contribution in [0.3, 0.4) is 0 Å². The molecular weight excluding hydrogens is 418 g/mol. The molecule has 1 fully saturated rings. The molecule has 2 aliphatic heterocycles. The van der Waals surface area contributed by atoms with Crippen LogP contribution in [-0.2, 0) is 14.3 Å². The van der Waals surface area contributed by atoms with Gasteiger partial charge in [0.05, 0.1) is 5.71 Å². The number of nitrogens with zero attached hydrogens (tertiary/aromatic N) is 2. The number of aryl methyl sites for hydroxylation is 1. The van der Waals surface area contributed by atoms with E-state index in [2.05, 4.69) is 10.2 Å². The minimum Gasteiger partial charge on any atom is -0.478 e. The van der Waals surface area contributed by atoms with Crippen LogP contribution >= 0.6 is 11.3 Å². The number of benzene rings is 1. The zero-order valence-electron chi connectivity index (χ0n) is 17.0. The van der Waals surface area contributed by atoms with E-state index >= 15 is 0 Å². The van der Waals surface area contributed by atoms with Gasteiger partial charge in [0.1, 0.15) is 11.4 Å². The van der Waals surface area contributed by atoms with Crippen molar-refractivity contribution in [3.05, 3.63) is 52.2 Å². The third-order valence-corrected chi connectivity index (χ3v) is 5.79. The van der Waals surface area contributed by atoms with Gasteiger partial charge in [-0.3, -0.25) is 4.90 Å². The standard InChI is InChI=1S/C22H23N3O5S/c1-14-2-3-16-18(10-14)29-19-13-31-12-15(19)17(24-16)11-20(25-8-6-23-7-9-25)30-22(28)5-4-21(26)27/h2-5,10,12-13,20,23H,6-9,11H2,1H3,(H,26,27)/b5-4+. The molecule has 2 aliphatic rings. The highest BCUT2D eigenvalue weighted by molar-refractivity contribution is 7.08. The summed E-state index contributed by atoms with van der Waals surface area (Å²) in [7, 11) is 0. The fourth-order valence-corrected chi connectivity index (χ4v) is 4.30. The zero-order chi connectivity index (χ0) is 21.8. The van der Waals surface area contributed by atoms with E-state index in [-0.39, 0.29) is 0 Å². The average molecular weight is 442 g/mol. The van der Waals surface area contributed by atoms with Crippen molar-refractivity contribution in [3.63, 3.8) is 0 Å². The molecule has 8 nitrogen and oxygen atoms in total. The summed E-state index contributed by atoms with van der Waals surface area (Å²) in [6.07, 6.45) is 1.49. The topological polar surface area (TPSA) is 100 Å². The maximum Gasteiger partial charge on any atom is 0.332 e. The number of hydrogen-bond acceptors (Lipinski definition) is 8. The molecule has 0 saturated carbocycles. The van der Waals surface area contributed by atoms with E-state index in [4.69, 9.17) is 19.6 Å². The summed E-state index contributed by atoms with van der Waals surface area (Å²) in [6.45, 7) is 4.96. The summed E-state index contributed by atoms with van der Waals surface area (Å²) < 4.78 is 11.8. The van der Waals surface area contributed by atoms with E-state index in [1.54, 1.807) is 0 Å². The monoisotopic (exact) mass is 441 g/mol. The number of carbonyl (C=O) groups excluding carboxylic acids is 1. The highest BCUT2D eigenvalue weighted by Crippen LogP contribution is 2.40. The Kier molecular flexibility index (Phi) is 6.45. The van der Waals surface area contributed by atoms with E-state index in [0.717, 1.165) is 53.5 Å². The van der Waals surface area contributed by atoms with Gasteiger partial charge in [-0.2, -0.15) is 0 Å². The van der Waals surface area contributed by atoms with Gasteiger partial charge in [0.15, 0.2) is 12.0 Å². The predicted molar refractivity (Wildman–Crippen MR) is 117 cm³/mol. The normalized spacial score (nSPS) is 17.1. The number of rotatable bonds is 6. The molecule has 2 N–H and O–H groups in total. The first-order chi connectivity index (χ1) is 15.0. The molecule has 1 aromatic heterocycles. The number of thiophene rings is 1. The first kappa shape index (κ1) is 21.2. The number of fused-ring (bicyclic) bond motifs is 2. The maximum absolute atomic E-state index is 12.3. The SMILES string of the molecule is Cc1ccc2c(c1)Oc1cscc1C(CC(OC(=O)/C=C/C(=O)O)N1CCNCC1)=N2. The maximum atomic E-state index is 12.3. The van der Waals surface area contributed by atoms with E-state index in [9.17, 15) is 9.59 Å². The second-order valence-corrected chi connectivity index (χ2v) is 8.08. The molecule has 1 atom stereocenters. The van der Waals surface area contributed by atoms with Crippen molar-refractivity contribution >= 4 is 34.7 Å². The Hall–Kier alpha value is -3.01. The van der Waals surface area contributed by atoms with Crippen LogP contribution in [-0.4, -0.2) is 60.1 Å². The summed E-state index contributed by atoms with van der Waals surface area (Å²) in [4.78, 5) is 29.9. The van der Waals surface area contributed by atoms with Gasteiger partial charge in [0.25, 0.3) is 0 Å². The molecule has 2 aromatic rings.